The van der Waals surface area contributed by atoms with E-state index in [0.29, 0.717) is 33.7 Å². The third-order valence-corrected chi connectivity index (χ3v) is 6.21. The first kappa shape index (κ1) is 23.0. The zero-order valence-electron chi connectivity index (χ0n) is 18.5. The molecule has 172 valence electrons. The number of carbonyl (C=O) groups excluding carboxylic acids is 1. The van der Waals surface area contributed by atoms with Gasteiger partial charge in [-0.1, -0.05) is 19.9 Å². The number of rotatable bonds is 4. The number of aromatic nitrogens is 1. The van der Waals surface area contributed by atoms with Gasteiger partial charge in [-0.15, -0.1) is 0 Å². The Labute approximate surface area is 193 Å². The molecule has 0 spiro atoms. The third-order valence-electron chi connectivity index (χ3n) is 5.28. The Bertz CT molecular complexity index is 1250. The molecule has 1 amide bonds. The Hall–Kier alpha value is -3.14. The summed E-state index contributed by atoms with van der Waals surface area (Å²) in [6.07, 6.45) is -2.17. The quantitative estimate of drug-likeness (QED) is 0.572. The van der Waals surface area contributed by atoms with Gasteiger partial charge in [0.05, 0.1) is 11.1 Å². The molecule has 0 bridgehead atoms. The molecular formula is C23H22F3N5OS. The van der Waals surface area contributed by atoms with Crippen LogP contribution in [0.3, 0.4) is 0 Å². The highest BCUT2D eigenvalue weighted by molar-refractivity contribution is 8.26. The van der Waals surface area contributed by atoms with Crippen molar-refractivity contribution in [3.8, 4) is 5.69 Å². The number of hydrogen-bond acceptors (Lipinski definition) is 4. The highest BCUT2D eigenvalue weighted by Gasteiger charge is 2.36. The molecule has 2 aliphatic heterocycles. The summed E-state index contributed by atoms with van der Waals surface area (Å²) in [5, 5.41) is 15.5. The predicted molar refractivity (Wildman–Crippen MR) is 125 cm³/mol. The monoisotopic (exact) mass is 473 g/mol. The second-order valence-electron chi connectivity index (χ2n) is 8.32. The number of hydrogen-bond donors (Lipinski definition) is 1. The average molecular weight is 474 g/mol. The molecule has 2 aliphatic rings. The van der Waals surface area contributed by atoms with Gasteiger partial charge in [0, 0.05) is 23.5 Å². The molecule has 0 aliphatic carbocycles. The van der Waals surface area contributed by atoms with Crippen LogP contribution in [0.4, 0.5) is 13.2 Å². The van der Waals surface area contributed by atoms with Crippen LogP contribution in [0.25, 0.3) is 11.8 Å². The van der Waals surface area contributed by atoms with Gasteiger partial charge in [0.15, 0.2) is 5.84 Å². The number of fused-ring (bicyclic) bond motifs is 1. The lowest BCUT2D eigenvalue weighted by molar-refractivity contribution is -0.137. The van der Waals surface area contributed by atoms with Gasteiger partial charge in [-0.25, -0.2) is 0 Å². The molecule has 2 aromatic rings. The number of thioether (sulfide) groups is 1. The summed E-state index contributed by atoms with van der Waals surface area (Å²) in [7, 11) is 0. The van der Waals surface area contributed by atoms with Crippen LogP contribution < -0.4 is 0 Å². The van der Waals surface area contributed by atoms with Crippen molar-refractivity contribution >= 4 is 39.8 Å². The lowest BCUT2D eigenvalue weighted by atomic mass is 10.1. The number of aliphatic imine (C=N–C) groups is 1. The van der Waals surface area contributed by atoms with Crippen LogP contribution in [-0.4, -0.2) is 31.5 Å². The zero-order chi connectivity index (χ0) is 24.1. The first-order chi connectivity index (χ1) is 15.5. The number of benzene rings is 1. The molecule has 0 atom stereocenters. The second kappa shape index (κ2) is 8.33. The maximum Gasteiger partial charge on any atom is 0.416 e. The molecule has 4 rings (SSSR count). The fraction of sp³-hybridized carbons (Fsp3) is 0.304. The van der Waals surface area contributed by atoms with Crippen LogP contribution in [0.5, 0.6) is 0 Å². The summed E-state index contributed by atoms with van der Waals surface area (Å²) in [4.78, 5) is 16.8. The molecule has 3 heterocycles. The van der Waals surface area contributed by atoms with Crippen molar-refractivity contribution in [1.29, 1.82) is 5.41 Å². The smallest absolute Gasteiger partial charge is 0.318 e. The van der Waals surface area contributed by atoms with Gasteiger partial charge in [-0.3, -0.25) is 10.2 Å². The number of amidine groups is 2. The van der Waals surface area contributed by atoms with E-state index in [0.717, 1.165) is 23.6 Å². The SMILES string of the molecule is Cc1cc(/C=C2\C(=N)N3N=C(CC(C)C)SC3=NC2=O)c(C)n1-c1cccc(C(F)(F)F)c1. The fourth-order valence-electron chi connectivity index (χ4n) is 3.77. The van der Waals surface area contributed by atoms with Gasteiger partial charge in [0.2, 0.25) is 5.17 Å². The van der Waals surface area contributed by atoms with E-state index >= 15 is 0 Å². The number of carbonyl (C=O) groups is 1. The minimum absolute atomic E-state index is 0.0693. The van der Waals surface area contributed by atoms with Crippen LogP contribution in [0.1, 0.15) is 42.8 Å². The third kappa shape index (κ3) is 4.39. The van der Waals surface area contributed by atoms with E-state index in [9.17, 15) is 18.0 Å². The Morgan fingerprint density at radius 1 is 1.21 bits per heavy atom. The molecule has 0 fully saturated rings. The lowest BCUT2D eigenvalue weighted by Crippen LogP contribution is -2.35. The van der Waals surface area contributed by atoms with E-state index < -0.39 is 17.6 Å². The molecule has 10 heteroatoms. The van der Waals surface area contributed by atoms with Crippen molar-refractivity contribution < 1.29 is 18.0 Å². The van der Waals surface area contributed by atoms with Gasteiger partial charge in [-0.2, -0.15) is 28.3 Å². The Balaban J connectivity index is 1.71. The number of amides is 1. The molecule has 1 aromatic carbocycles. The molecule has 33 heavy (non-hydrogen) atoms. The number of halogens is 3. The maximum atomic E-state index is 13.2. The summed E-state index contributed by atoms with van der Waals surface area (Å²) >= 11 is 1.29. The topological polar surface area (TPSA) is 73.8 Å². The average Bonchev–Trinajstić information content (AvgIpc) is 3.23. The molecule has 0 radical (unpaired) electrons. The van der Waals surface area contributed by atoms with Crippen LogP contribution >= 0.6 is 11.8 Å². The van der Waals surface area contributed by atoms with E-state index in [1.807, 2.05) is 0 Å². The van der Waals surface area contributed by atoms with E-state index in [2.05, 4.69) is 23.9 Å². The van der Waals surface area contributed by atoms with Crippen LogP contribution in [0.15, 0.2) is 46.0 Å². The van der Waals surface area contributed by atoms with Crippen LogP contribution in [0.2, 0.25) is 0 Å². The highest BCUT2D eigenvalue weighted by atomic mass is 32.2. The van der Waals surface area contributed by atoms with E-state index in [1.165, 1.54) is 22.8 Å². The summed E-state index contributed by atoms with van der Waals surface area (Å²) in [6.45, 7) is 7.66. The van der Waals surface area contributed by atoms with Gasteiger partial charge < -0.3 is 4.57 Å². The minimum atomic E-state index is -4.45. The standard InChI is InChI=1S/C23H22F3N5OS/c1-12(2)8-19-29-31-20(27)18(21(32)28-22(31)33-19)10-15-9-13(3)30(14(15)4)17-7-5-6-16(11-17)23(24,25)26/h5-7,9-12,27H,8H2,1-4H3/b18-10+,27-20?. The molecule has 1 aromatic heterocycles. The van der Waals surface area contributed by atoms with Crippen molar-refractivity contribution in [3.63, 3.8) is 0 Å². The molecule has 0 saturated heterocycles. The summed E-state index contributed by atoms with van der Waals surface area (Å²) in [5.74, 6) is -0.233. The Kier molecular flexibility index (Phi) is 5.81. The first-order valence-electron chi connectivity index (χ1n) is 10.3. The van der Waals surface area contributed by atoms with Gasteiger partial charge in [0.1, 0.15) is 5.04 Å². The number of aryl methyl sites for hydroxylation is 1. The fourth-order valence-corrected chi connectivity index (χ4v) is 4.87. The summed E-state index contributed by atoms with van der Waals surface area (Å²) in [5.41, 5.74) is 1.68. The van der Waals surface area contributed by atoms with Gasteiger partial charge >= 0.3 is 6.18 Å². The number of alkyl halides is 3. The Morgan fingerprint density at radius 3 is 2.61 bits per heavy atom. The molecule has 6 nitrogen and oxygen atoms in total. The lowest BCUT2D eigenvalue weighted by Gasteiger charge is -2.20. The zero-order valence-corrected chi connectivity index (χ0v) is 19.3. The van der Waals surface area contributed by atoms with Crippen LogP contribution in [-0.2, 0) is 11.0 Å². The number of nitrogens with zero attached hydrogens (tertiary/aromatic N) is 4. The Morgan fingerprint density at radius 2 is 1.94 bits per heavy atom. The van der Waals surface area contributed by atoms with Crippen molar-refractivity contribution in [3.05, 3.63) is 58.4 Å². The van der Waals surface area contributed by atoms with Gasteiger partial charge in [0.25, 0.3) is 5.91 Å². The van der Waals surface area contributed by atoms with Crippen molar-refractivity contribution in [2.45, 2.75) is 40.3 Å². The number of hydrazone groups is 1. The van der Waals surface area contributed by atoms with E-state index in [4.69, 9.17) is 5.41 Å². The maximum absolute atomic E-state index is 13.2. The first-order valence-corrected chi connectivity index (χ1v) is 11.1. The van der Waals surface area contributed by atoms with Crippen LogP contribution in [0, 0.1) is 25.2 Å². The molecule has 0 saturated carbocycles. The predicted octanol–water partition coefficient (Wildman–Crippen LogP) is 5.78. The van der Waals surface area contributed by atoms with Gasteiger partial charge in [-0.05, 0) is 67.4 Å². The molecular weight excluding hydrogens is 451 g/mol. The van der Waals surface area contributed by atoms with E-state index in [1.54, 1.807) is 36.6 Å². The largest absolute Gasteiger partial charge is 0.416 e. The minimum Gasteiger partial charge on any atom is -0.318 e. The van der Waals surface area contributed by atoms with Crippen molar-refractivity contribution in [1.82, 2.24) is 9.58 Å². The normalized spacial score (nSPS) is 17.7. The van der Waals surface area contributed by atoms with Crippen molar-refractivity contribution in [2.24, 2.45) is 16.0 Å². The molecule has 1 N–H and O–H groups in total. The van der Waals surface area contributed by atoms with E-state index in [-0.39, 0.29) is 11.4 Å². The summed E-state index contributed by atoms with van der Waals surface area (Å²) < 4.78 is 41.2. The number of nitrogens with one attached hydrogen (secondary N) is 1. The summed E-state index contributed by atoms with van der Waals surface area (Å²) in [6, 6.07) is 6.86. The second-order valence-corrected chi connectivity index (χ2v) is 9.36. The highest BCUT2D eigenvalue weighted by Crippen LogP contribution is 2.33. The molecule has 0 unspecified atom stereocenters. The van der Waals surface area contributed by atoms with Crippen molar-refractivity contribution in [2.75, 3.05) is 0 Å².